The minimum atomic E-state index is -0.455. The van der Waals surface area contributed by atoms with Crippen LogP contribution in [-0.4, -0.2) is 109 Å². The Balaban J connectivity index is 1.35. The zero-order valence-corrected chi connectivity index (χ0v) is 16.9. The summed E-state index contributed by atoms with van der Waals surface area (Å²) in [6, 6.07) is 1.24. The summed E-state index contributed by atoms with van der Waals surface area (Å²) in [4.78, 5) is 52.1. The number of anilines is 1. The van der Waals surface area contributed by atoms with Crippen molar-refractivity contribution in [2.45, 2.75) is 0 Å². The van der Waals surface area contributed by atoms with Crippen LogP contribution in [0.4, 0.5) is 10.7 Å². The molecule has 3 fully saturated rings. The molecule has 0 atom stereocenters. The lowest BCUT2D eigenvalue weighted by atomic mass is 10.3. The monoisotopic (exact) mass is 415 g/mol. The molecule has 30 heavy (non-hydrogen) atoms. The molecule has 1 aromatic rings. The van der Waals surface area contributed by atoms with Crippen molar-refractivity contribution < 1.29 is 19.1 Å². The molecule has 0 saturated carbocycles. The van der Waals surface area contributed by atoms with Crippen LogP contribution in [0.25, 0.3) is 6.08 Å². The zero-order valence-electron chi connectivity index (χ0n) is 16.9. The molecule has 1 aromatic heterocycles. The number of nitrogens with zero attached hydrogens (tertiary/aromatic N) is 6. The Labute approximate surface area is 174 Å². The molecule has 0 aromatic carbocycles. The second kappa shape index (κ2) is 8.76. The molecule has 4 rings (SSSR count). The van der Waals surface area contributed by atoms with Gasteiger partial charge in [-0.1, -0.05) is 0 Å². The zero-order chi connectivity index (χ0) is 21.1. The van der Waals surface area contributed by atoms with Gasteiger partial charge in [0, 0.05) is 52.5 Å². The Kier molecular flexibility index (Phi) is 5.91. The van der Waals surface area contributed by atoms with E-state index in [0.717, 1.165) is 13.1 Å². The molecule has 4 heterocycles. The van der Waals surface area contributed by atoms with E-state index in [4.69, 9.17) is 4.74 Å². The van der Waals surface area contributed by atoms with Gasteiger partial charge in [0.25, 0.3) is 5.91 Å². The number of carbonyl (C=O) groups is 3. The molecule has 0 radical (unpaired) electrons. The number of nitrogens with one attached hydrogen (secondary N) is 1. The van der Waals surface area contributed by atoms with Crippen LogP contribution in [-0.2, 0) is 14.3 Å². The maximum atomic E-state index is 12.4. The highest BCUT2D eigenvalue weighted by Gasteiger charge is 2.30. The normalized spacial score (nSPS) is 22.0. The number of rotatable bonds is 4. The molecule has 11 heteroatoms. The molecule has 0 bridgehead atoms. The van der Waals surface area contributed by atoms with Crippen molar-refractivity contribution in [1.82, 2.24) is 30.0 Å². The lowest BCUT2D eigenvalue weighted by Crippen LogP contribution is -2.51. The summed E-state index contributed by atoms with van der Waals surface area (Å²) in [6.07, 6.45) is 3.21. The Hall–Kier alpha value is -3.05. The van der Waals surface area contributed by atoms with Crippen molar-refractivity contribution >= 4 is 29.9 Å². The fourth-order valence-corrected chi connectivity index (χ4v) is 3.61. The van der Waals surface area contributed by atoms with Gasteiger partial charge >= 0.3 is 6.03 Å². The maximum absolute atomic E-state index is 12.4. The van der Waals surface area contributed by atoms with Gasteiger partial charge in [0.1, 0.15) is 5.70 Å². The van der Waals surface area contributed by atoms with Gasteiger partial charge in [-0.3, -0.25) is 24.7 Å². The molecule has 1 N–H and O–H groups in total. The number of morpholine rings is 1. The van der Waals surface area contributed by atoms with Gasteiger partial charge in [0.05, 0.1) is 25.5 Å². The van der Waals surface area contributed by atoms with Crippen molar-refractivity contribution in [3.05, 3.63) is 23.7 Å². The first-order valence-corrected chi connectivity index (χ1v) is 9.98. The van der Waals surface area contributed by atoms with Crippen LogP contribution in [0.15, 0.2) is 18.0 Å². The van der Waals surface area contributed by atoms with Crippen molar-refractivity contribution in [3.8, 4) is 0 Å². The van der Waals surface area contributed by atoms with E-state index in [1.54, 1.807) is 18.3 Å². The quantitative estimate of drug-likeness (QED) is 0.491. The highest BCUT2D eigenvalue weighted by atomic mass is 16.5. The van der Waals surface area contributed by atoms with Crippen molar-refractivity contribution in [1.29, 1.82) is 0 Å². The van der Waals surface area contributed by atoms with Gasteiger partial charge in [-0.05, 0) is 12.1 Å². The van der Waals surface area contributed by atoms with Gasteiger partial charge in [-0.25, -0.2) is 14.8 Å². The van der Waals surface area contributed by atoms with E-state index >= 15 is 0 Å². The number of amides is 4. The van der Waals surface area contributed by atoms with E-state index < -0.39 is 11.9 Å². The number of likely N-dealkylation sites (N-methyl/N-ethyl adjacent to an activating group) is 1. The summed E-state index contributed by atoms with van der Waals surface area (Å²) in [5.74, 6) is 0.266. The molecule has 4 amide bonds. The maximum Gasteiger partial charge on any atom is 0.328 e. The van der Waals surface area contributed by atoms with Crippen molar-refractivity contribution in [2.75, 3.05) is 71.0 Å². The minimum absolute atomic E-state index is 0.144. The Bertz CT molecular complexity index is 860. The highest BCUT2D eigenvalue weighted by Crippen LogP contribution is 2.16. The second-order valence-electron chi connectivity index (χ2n) is 7.39. The van der Waals surface area contributed by atoms with E-state index in [1.807, 2.05) is 4.90 Å². The van der Waals surface area contributed by atoms with E-state index in [2.05, 4.69) is 25.1 Å². The average Bonchev–Trinajstić information content (AvgIpc) is 3.01. The first-order chi connectivity index (χ1) is 14.5. The fourth-order valence-electron chi connectivity index (χ4n) is 3.61. The predicted octanol–water partition coefficient (Wildman–Crippen LogP) is -1.02. The van der Waals surface area contributed by atoms with Gasteiger partial charge in [-0.2, -0.15) is 0 Å². The molecule has 0 spiro atoms. The van der Waals surface area contributed by atoms with E-state index in [1.165, 1.54) is 11.9 Å². The Morgan fingerprint density at radius 1 is 1.17 bits per heavy atom. The third-order valence-electron chi connectivity index (χ3n) is 5.45. The summed E-state index contributed by atoms with van der Waals surface area (Å²) < 4.78 is 5.30. The molecule has 160 valence electrons. The number of hydrogen-bond donors (Lipinski definition) is 1. The summed E-state index contributed by atoms with van der Waals surface area (Å²) in [7, 11) is 1.53. The van der Waals surface area contributed by atoms with Crippen molar-refractivity contribution in [3.63, 3.8) is 0 Å². The third kappa shape index (κ3) is 4.41. The molecule has 11 nitrogen and oxygen atoms in total. The number of imide groups is 1. The topological polar surface area (TPSA) is 111 Å². The number of carbonyl (C=O) groups excluding carboxylic acids is 3. The van der Waals surface area contributed by atoms with E-state index in [9.17, 15) is 14.4 Å². The van der Waals surface area contributed by atoms with E-state index in [0.29, 0.717) is 57.6 Å². The van der Waals surface area contributed by atoms with Crippen molar-refractivity contribution in [2.24, 2.45) is 0 Å². The predicted molar refractivity (Wildman–Crippen MR) is 107 cm³/mol. The largest absolute Gasteiger partial charge is 0.378 e. The van der Waals surface area contributed by atoms with Crippen LogP contribution < -0.4 is 10.2 Å². The first kappa shape index (κ1) is 20.2. The van der Waals surface area contributed by atoms with Gasteiger partial charge in [0.2, 0.25) is 11.9 Å². The van der Waals surface area contributed by atoms with Crippen LogP contribution in [0.3, 0.4) is 0 Å². The van der Waals surface area contributed by atoms with Crippen LogP contribution in [0.1, 0.15) is 5.69 Å². The van der Waals surface area contributed by atoms with Gasteiger partial charge in [-0.15, -0.1) is 0 Å². The number of piperazine rings is 1. The Morgan fingerprint density at radius 3 is 2.57 bits per heavy atom. The fraction of sp³-hybridized carbons (Fsp3) is 0.526. The molecule has 0 aliphatic carbocycles. The van der Waals surface area contributed by atoms with Crippen LogP contribution >= 0.6 is 0 Å². The molecule has 0 unspecified atom stereocenters. The summed E-state index contributed by atoms with van der Waals surface area (Å²) in [6.45, 7) is 5.83. The molecular weight excluding hydrogens is 390 g/mol. The van der Waals surface area contributed by atoms with Crippen LogP contribution in [0.2, 0.25) is 0 Å². The van der Waals surface area contributed by atoms with Crippen LogP contribution in [0.5, 0.6) is 0 Å². The Morgan fingerprint density at radius 2 is 1.90 bits per heavy atom. The molecule has 3 aliphatic rings. The van der Waals surface area contributed by atoms with Crippen LogP contribution in [0, 0.1) is 0 Å². The summed E-state index contributed by atoms with van der Waals surface area (Å²) in [5, 5.41) is 2.24. The average molecular weight is 415 g/mol. The first-order valence-electron chi connectivity index (χ1n) is 9.98. The minimum Gasteiger partial charge on any atom is -0.378 e. The second-order valence-corrected chi connectivity index (χ2v) is 7.39. The lowest BCUT2D eigenvalue weighted by molar-refractivity contribution is -0.136. The summed E-state index contributed by atoms with van der Waals surface area (Å²) in [5.41, 5.74) is 0.799. The van der Waals surface area contributed by atoms with Gasteiger partial charge in [0.15, 0.2) is 0 Å². The van der Waals surface area contributed by atoms with Gasteiger partial charge < -0.3 is 14.5 Å². The lowest BCUT2D eigenvalue weighted by Gasteiger charge is -2.36. The van der Waals surface area contributed by atoms with E-state index in [-0.39, 0.29) is 11.6 Å². The summed E-state index contributed by atoms with van der Waals surface area (Å²) >= 11 is 0. The number of hydrogen-bond acceptors (Lipinski definition) is 8. The molecular formula is C19H25N7O4. The standard InChI is InChI=1S/C19H25N7O4/c1-23-15(17(28)22-19(23)29)12-14-2-3-20-18(21-14)26-6-4-24(5-7-26)13-16(27)25-8-10-30-11-9-25/h2-3,12H,4-11,13H2,1H3,(H,22,28,29)/b15-12-. The number of urea groups is 1. The number of aromatic nitrogens is 2. The molecule has 3 aliphatic heterocycles. The molecule has 3 saturated heterocycles. The smallest absolute Gasteiger partial charge is 0.328 e. The highest BCUT2D eigenvalue weighted by molar-refractivity contribution is 6.13. The number of ether oxygens (including phenoxy) is 1. The SMILES string of the molecule is CN1C(=O)NC(=O)/C1=C/c1ccnc(N2CCN(CC(=O)N3CCOCC3)CC2)n1. The third-order valence-corrected chi connectivity index (χ3v) is 5.45.